The lowest BCUT2D eigenvalue weighted by atomic mass is 9.93. The summed E-state index contributed by atoms with van der Waals surface area (Å²) in [4.78, 5) is 26.8. The fourth-order valence-electron chi connectivity index (χ4n) is 15.7. The summed E-state index contributed by atoms with van der Waals surface area (Å²) >= 11 is 0. The second-order valence-corrected chi connectivity index (χ2v) is 32.0. The highest BCUT2D eigenvalue weighted by atomic mass is 16.8. The van der Waals surface area contributed by atoms with E-state index in [1.807, 2.05) is 6.08 Å². The monoisotopic (exact) mass is 1650 g/mol. The van der Waals surface area contributed by atoms with Crippen molar-refractivity contribution in [3.8, 4) is 0 Å². The van der Waals surface area contributed by atoms with Gasteiger partial charge < -0.3 is 159 Å². The average Bonchev–Trinajstić information content (AvgIpc) is 0.762. The van der Waals surface area contributed by atoms with Crippen LogP contribution in [0.2, 0.25) is 0 Å². The highest BCUT2D eigenvalue weighted by Crippen LogP contribution is 2.39. The first-order valence-corrected chi connectivity index (χ1v) is 42.8. The van der Waals surface area contributed by atoms with Crippen LogP contribution in [0.5, 0.6) is 0 Å². The predicted octanol–water partition coefficient (Wildman–Crippen LogP) is 0.800. The Kier molecular flexibility index (Phi) is 48.2. The zero-order valence-electron chi connectivity index (χ0n) is 67.7. The second-order valence-electron chi connectivity index (χ2n) is 32.0. The van der Waals surface area contributed by atoms with Gasteiger partial charge >= 0.3 is 0 Å². The molecule has 6 saturated heterocycles. The summed E-state index contributed by atoms with van der Waals surface area (Å²) in [5, 5.41) is 206. The SMILES string of the molecule is CCCCCCCCCCCCC/C=C/[C@@H](O)[C@H](CO[C@@H]1OC(CO)[C@@H](O[C@@H]2OC(CO)[C@H](O)[C@H](O[C@H]3OC(CO)[C@H](O)[C@H](O[C@@H]4OC(CO)[C@@H](O[C@@H]5OC(CO)[C@H](O)[C@H](O)C5O)[C@H](O[C@H]5OC(C)[C@@H](O)C(O)[C@@H]5O)C4NC(C)=O)C3O)C2O)[C@H](O)C1O)NC(=O)CCCCCCCCCCCCCCCCCCCCCCC. The fraction of sp³-hybridized carbons (Fsp3) is 0.950. The molecular weight excluding hydrogens is 1500 g/mol. The van der Waals surface area contributed by atoms with Crippen LogP contribution in [0.1, 0.15) is 246 Å². The van der Waals surface area contributed by atoms with Crippen LogP contribution in [0.3, 0.4) is 0 Å². The average molecular weight is 1650 g/mol. The molecule has 0 radical (unpaired) electrons. The zero-order valence-corrected chi connectivity index (χ0v) is 67.7. The number of nitrogens with one attached hydrogen (secondary N) is 2. The molecule has 12 unspecified atom stereocenters. The first-order valence-electron chi connectivity index (χ1n) is 42.8. The molecule has 114 heavy (non-hydrogen) atoms. The summed E-state index contributed by atoms with van der Waals surface area (Å²) in [7, 11) is 0. The third-order valence-corrected chi connectivity index (χ3v) is 22.8. The van der Waals surface area contributed by atoms with Crippen LogP contribution in [0.15, 0.2) is 12.2 Å². The maximum absolute atomic E-state index is 13.6. The summed E-state index contributed by atoms with van der Waals surface area (Å²) in [6.07, 6.45) is -14.2. The lowest BCUT2D eigenvalue weighted by Gasteiger charge is -2.51. The van der Waals surface area contributed by atoms with Gasteiger partial charge in [0.25, 0.3) is 0 Å². The molecule has 0 spiro atoms. The van der Waals surface area contributed by atoms with E-state index in [0.29, 0.717) is 12.8 Å². The van der Waals surface area contributed by atoms with Gasteiger partial charge in [-0.2, -0.15) is 0 Å². The maximum atomic E-state index is 13.6. The number of amides is 2. The van der Waals surface area contributed by atoms with Crippen LogP contribution < -0.4 is 10.6 Å². The molecule has 6 aliphatic rings. The van der Waals surface area contributed by atoms with Crippen molar-refractivity contribution in [3.63, 3.8) is 0 Å². The van der Waals surface area contributed by atoms with E-state index in [1.165, 1.54) is 155 Å². The van der Waals surface area contributed by atoms with Gasteiger partial charge in [-0.1, -0.05) is 219 Å². The van der Waals surface area contributed by atoms with Crippen molar-refractivity contribution in [2.24, 2.45) is 0 Å². The number of rotatable bonds is 56. The van der Waals surface area contributed by atoms with Crippen LogP contribution in [-0.4, -0.2) is 340 Å². The molecule has 6 heterocycles. The Morgan fingerprint density at radius 1 is 0.360 bits per heavy atom. The molecule has 0 bridgehead atoms. The second kappa shape index (κ2) is 54.8. The predicted molar refractivity (Wildman–Crippen MR) is 408 cm³/mol. The molecule has 34 heteroatoms. The number of aliphatic hydroxyl groups excluding tert-OH is 18. The molecule has 2 amide bonds. The molecular formula is C80H146N2O32. The molecule has 668 valence electrons. The number of ether oxygens (including phenoxy) is 12. The molecule has 0 aromatic rings. The summed E-state index contributed by atoms with van der Waals surface area (Å²) in [5.41, 5.74) is 0. The number of carbonyl (C=O) groups excluding carboxylic acids is 2. The number of hydrogen-bond donors (Lipinski definition) is 20. The summed E-state index contributed by atoms with van der Waals surface area (Å²) in [6.45, 7) is 1.31. The van der Waals surface area contributed by atoms with Crippen molar-refractivity contribution in [1.82, 2.24) is 10.6 Å². The molecule has 34 nitrogen and oxygen atoms in total. The van der Waals surface area contributed by atoms with Gasteiger partial charge in [0.05, 0.1) is 57.9 Å². The van der Waals surface area contributed by atoms with Gasteiger partial charge in [0, 0.05) is 13.3 Å². The number of unbranched alkanes of at least 4 members (excludes halogenated alkanes) is 31. The molecule has 6 fully saturated rings. The van der Waals surface area contributed by atoms with Crippen LogP contribution in [-0.2, 0) is 66.4 Å². The van der Waals surface area contributed by atoms with E-state index >= 15 is 0 Å². The van der Waals surface area contributed by atoms with Gasteiger partial charge in [0.15, 0.2) is 37.7 Å². The fourth-order valence-corrected chi connectivity index (χ4v) is 15.7. The molecule has 0 aliphatic carbocycles. The minimum atomic E-state index is -2.31. The van der Waals surface area contributed by atoms with E-state index in [9.17, 15) is 102 Å². The van der Waals surface area contributed by atoms with E-state index in [0.717, 1.165) is 58.3 Å². The van der Waals surface area contributed by atoms with Crippen molar-refractivity contribution in [2.45, 2.75) is 442 Å². The standard InChI is InChI=1S/C80H146N2O32/c1-5-7-9-11-13-15-17-19-20-21-22-23-24-25-26-28-30-32-34-36-38-40-56(90)82-49(50(89)39-37-35-33-31-29-27-18-16-14-12-10-8-6-2)46-103-76-67(100)64(97)70(54(44-86)109-76)110-79-69(102)74(61(94)53(43-85)106-79)114-80-68(101)73(60(93)52(42-84)107-80)113-75-57(81-48(4)88)72(112-77-65(98)62(95)58(91)47(3)104-77)71(55(45-87)108-75)111-78-66(99)63(96)59(92)51(41-83)105-78/h37,39,47,49-55,57-80,83-87,89,91-102H,5-36,38,40-46H2,1-4H3,(H,81,88)(H,82,90)/b39-37+/t47?,49-,50+,51?,52?,53?,54?,55?,57?,58+,59-,60-,61-,62?,63-,64+,65-,66?,67?,68?,69?,70+,71+,72+,73-,74-,75-,76+,77+,78-,79-,80+/m0/s1. The molecule has 20 N–H and O–H groups in total. The number of hydrogen-bond acceptors (Lipinski definition) is 32. The molecule has 6 aliphatic heterocycles. The maximum Gasteiger partial charge on any atom is 0.220 e. The van der Waals surface area contributed by atoms with Gasteiger partial charge in [-0.25, -0.2) is 0 Å². The number of carbonyl (C=O) groups is 2. The molecule has 0 aromatic carbocycles. The zero-order chi connectivity index (χ0) is 83.2. The smallest absolute Gasteiger partial charge is 0.220 e. The Balaban J connectivity index is 1.08. The topological polar surface area (TPSA) is 533 Å². The van der Waals surface area contributed by atoms with Crippen LogP contribution in [0.4, 0.5) is 0 Å². The van der Waals surface area contributed by atoms with Gasteiger partial charge in [-0.05, 0) is 26.2 Å². The van der Waals surface area contributed by atoms with Crippen molar-refractivity contribution in [1.29, 1.82) is 0 Å². The molecule has 0 saturated carbocycles. The van der Waals surface area contributed by atoms with Crippen LogP contribution in [0, 0.1) is 0 Å². The molecule has 0 aromatic heterocycles. The van der Waals surface area contributed by atoms with Crippen molar-refractivity contribution in [3.05, 3.63) is 12.2 Å². The van der Waals surface area contributed by atoms with E-state index < -0.39 is 242 Å². The quantitative estimate of drug-likeness (QED) is 0.0296. The van der Waals surface area contributed by atoms with E-state index in [-0.39, 0.29) is 12.3 Å². The van der Waals surface area contributed by atoms with Gasteiger partial charge in [-0.3, -0.25) is 9.59 Å². The molecule has 32 atom stereocenters. The Morgan fingerprint density at radius 2 is 0.702 bits per heavy atom. The third kappa shape index (κ3) is 31.4. The first-order chi connectivity index (χ1) is 54.9. The van der Waals surface area contributed by atoms with Gasteiger partial charge in [-0.15, -0.1) is 0 Å². The largest absolute Gasteiger partial charge is 0.394 e. The highest BCUT2D eigenvalue weighted by Gasteiger charge is 2.59. The lowest BCUT2D eigenvalue weighted by Crippen LogP contribution is -2.71. The minimum Gasteiger partial charge on any atom is -0.394 e. The lowest BCUT2D eigenvalue weighted by molar-refractivity contribution is -0.396. The Bertz CT molecular complexity index is 2560. The van der Waals surface area contributed by atoms with Crippen molar-refractivity contribution >= 4 is 11.8 Å². The summed E-state index contributed by atoms with van der Waals surface area (Å²) in [6, 6.07) is -2.92. The highest BCUT2D eigenvalue weighted by molar-refractivity contribution is 5.76. The Hall–Kier alpha value is -2.52. The molecule has 6 rings (SSSR count). The van der Waals surface area contributed by atoms with E-state index in [1.54, 1.807) is 6.08 Å². The normalized spacial score (nSPS) is 36.8. The Morgan fingerprint density at radius 3 is 1.15 bits per heavy atom. The minimum absolute atomic E-state index is 0.176. The van der Waals surface area contributed by atoms with Crippen LogP contribution >= 0.6 is 0 Å². The number of allylic oxidation sites excluding steroid dienone is 1. The van der Waals surface area contributed by atoms with Gasteiger partial charge in [0.2, 0.25) is 11.8 Å². The first kappa shape index (κ1) is 100. The summed E-state index contributed by atoms with van der Waals surface area (Å²) in [5.74, 6) is -1.22. The van der Waals surface area contributed by atoms with E-state index in [4.69, 9.17) is 56.8 Å². The van der Waals surface area contributed by atoms with Crippen molar-refractivity contribution in [2.75, 3.05) is 39.6 Å². The summed E-state index contributed by atoms with van der Waals surface area (Å²) < 4.78 is 71.5. The third-order valence-electron chi connectivity index (χ3n) is 22.8. The van der Waals surface area contributed by atoms with Crippen molar-refractivity contribution < 1.29 is 158 Å². The van der Waals surface area contributed by atoms with E-state index in [2.05, 4.69) is 24.5 Å². The Labute approximate surface area is 672 Å². The van der Waals surface area contributed by atoms with Gasteiger partial charge in [0.1, 0.15) is 140 Å². The number of aliphatic hydroxyl groups is 18. The van der Waals surface area contributed by atoms with Crippen LogP contribution in [0.25, 0.3) is 0 Å².